The zero-order valence-electron chi connectivity index (χ0n) is 14.9. The first-order chi connectivity index (χ1) is 9.85. The second-order valence-corrected chi connectivity index (χ2v) is 8.38. The summed E-state index contributed by atoms with van der Waals surface area (Å²) < 4.78 is 5.65. The van der Waals surface area contributed by atoms with Gasteiger partial charge in [-0.3, -0.25) is 4.90 Å². The minimum absolute atomic E-state index is 0.200. The first-order valence-corrected chi connectivity index (χ1v) is 8.94. The van der Waals surface area contributed by atoms with E-state index in [2.05, 4.69) is 44.8 Å². The standard InChI is InChI=1S/C18H36N2O/c1-6-16-8-7-15(2)20(16)14-18(9-11-21-12-10-18)13-19-17(3,4)5/h15-16,19H,6-14H2,1-5H3. The number of likely N-dealkylation sites (tertiary alicyclic amines) is 1. The lowest BCUT2D eigenvalue weighted by atomic mass is 9.78. The summed E-state index contributed by atoms with van der Waals surface area (Å²) in [6, 6.07) is 1.55. The van der Waals surface area contributed by atoms with Crippen LogP contribution >= 0.6 is 0 Å². The fourth-order valence-electron chi connectivity index (χ4n) is 3.88. The molecule has 0 bridgehead atoms. The molecule has 2 fully saturated rings. The predicted octanol–water partition coefficient (Wildman–Crippen LogP) is 3.43. The Bertz CT molecular complexity index is 318. The number of rotatable bonds is 5. The molecule has 0 spiro atoms. The Balaban J connectivity index is 2.04. The quantitative estimate of drug-likeness (QED) is 0.841. The Morgan fingerprint density at radius 3 is 2.43 bits per heavy atom. The molecule has 0 saturated carbocycles. The van der Waals surface area contributed by atoms with Gasteiger partial charge >= 0.3 is 0 Å². The molecule has 2 rings (SSSR count). The molecule has 0 aromatic rings. The Kier molecular flexibility index (Phi) is 5.72. The summed E-state index contributed by atoms with van der Waals surface area (Å²) in [5.41, 5.74) is 0.601. The van der Waals surface area contributed by atoms with E-state index in [1.807, 2.05) is 0 Å². The largest absolute Gasteiger partial charge is 0.381 e. The van der Waals surface area contributed by atoms with Crippen molar-refractivity contribution in [1.82, 2.24) is 10.2 Å². The summed E-state index contributed by atoms with van der Waals surface area (Å²) in [6.07, 6.45) is 6.46. The average molecular weight is 296 g/mol. The molecule has 3 nitrogen and oxygen atoms in total. The van der Waals surface area contributed by atoms with Gasteiger partial charge in [0.25, 0.3) is 0 Å². The summed E-state index contributed by atoms with van der Waals surface area (Å²) in [4.78, 5) is 2.80. The molecule has 0 aliphatic carbocycles. The highest BCUT2D eigenvalue weighted by atomic mass is 16.5. The maximum atomic E-state index is 5.65. The first kappa shape index (κ1) is 17.2. The summed E-state index contributed by atoms with van der Waals surface area (Å²) in [7, 11) is 0. The van der Waals surface area contributed by atoms with Crippen LogP contribution in [0.5, 0.6) is 0 Å². The van der Waals surface area contributed by atoms with Gasteiger partial charge in [0.1, 0.15) is 0 Å². The van der Waals surface area contributed by atoms with Gasteiger partial charge in [-0.1, -0.05) is 6.92 Å². The molecule has 2 aliphatic rings. The molecular weight excluding hydrogens is 260 g/mol. The Morgan fingerprint density at radius 2 is 1.86 bits per heavy atom. The smallest absolute Gasteiger partial charge is 0.0472 e. The van der Waals surface area contributed by atoms with E-state index >= 15 is 0 Å². The summed E-state index contributed by atoms with van der Waals surface area (Å²) in [5, 5.41) is 3.77. The van der Waals surface area contributed by atoms with Crippen molar-refractivity contribution in [3.05, 3.63) is 0 Å². The Labute approximate surface area is 131 Å². The van der Waals surface area contributed by atoms with Gasteiger partial charge in [0.15, 0.2) is 0 Å². The number of nitrogens with zero attached hydrogens (tertiary/aromatic N) is 1. The minimum Gasteiger partial charge on any atom is -0.381 e. The van der Waals surface area contributed by atoms with Gasteiger partial charge in [0.05, 0.1) is 0 Å². The van der Waals surface area contributed by atoms with E-state index in [0.29, 0.717) is 5.41 Å². The SMILES string of the molecule is CCC1CCC(C)N1CC1(CNC(C)(C)C)CCOCC1. The van der Waals surface area contributed by atoms with Gasteiger partial charge in [-0.05, 0) is 65.2 Å². The lowest BCUT2D eigenvalue weighted by Crippen LogP contribution is -2.52. The predicted molar refractivity (Wildman–Crippen MR) is 89.7 cm³/mol. The second-order valence-electron chi connectivity index (χ2n) is 8.38. The van der Waals surface area contributed by atoms with Crippen molar-refractivity contribution in [3.8, 4) is 0 Å². The van der Waals surface area contributed by atoms with Gasteiger partial charge < -0.3 is 10.1 Å². The van der Waals surface area contributed by atoms with Crippen LogP contribution in [0.15, 0.2) is 0 Å². The monoisotopic (exact) mass is 296 g/mol. The molecule has 1 N–H and O–H groups in total. The zero-order valence-corrected chi connectivity index (χ0v) is 14.9. The van der Waals surface area contributed by atoms with Gasteiger partial charge in [-0.25, -0.2) is 0 Å². The van der Waals surface area contributed by atoms with E-state index in [4.69, 9.17) is 4.74 Å². The molecule has 2 heterocycles. The van der Waals surface area contributed by atoms with Crippen LogP contribution < -0.4 is 5.32 Å². The van der Waals surface area contributed by atoms with Crippen LogP contribution in [0.2, 0.25) is 0 Å². The van der Waals surface area contributed by atoms with E-state index < -0.39 is 0 Å². The lowest BCUT2D eigenvalue weighted by Gasteiger charge is -2.44. The van der Waals surface area contributed by atoms with Crippen LogP contribution in [0.4, 0.5) is 0 Å². The van der Waals surface area contributed by atoms with E-state index in [9.17, 15) is 0 Å². The molecule has 2 atom stereocenters. The number of hydrogen-bond acceptors (Lipinski definition) is 3. The Morgan fingerprint density at radius 1 is 1.19 bits per heavy atom. The topological polar surface area (TPSA) is 24.5 Å². The fourth-order valence-corrected chi connectivity index (χ4v) is 3.88. The molecule has 0 radical (unpaired) electrons. The third-order valence-electron chi connectivity index (χ3n) is 5.49. The van der Waals surface area contributed by atoms with Crippen LogP contribution in [0.25, 0.3) is 0 Å². The van der Waals surface area contributed by atoms with Crippen molar-refractivity contribution in [2.24, 2.45) is 5.41 Å². The number of nitrogens with one attached hydrogen (secondary N) is 1. The highest BCUT2D eigenvalue weighted by Crippen LogP contribution is 2.36. The van der Waals surface area contributed by atoms with E-state index in [-0.39, 0.29) is 5.54 Å². The molecule has 2 unspecified atom stereocenters. The third kappa shape index (κ3) is 4.67. The highest BCUT2D eigenvalue weighted by Gasteiger charge is 2.39. The summed E-state index contributed by atoms with van der Waals surface area (Å²) in [5.74, 6) is 0. The molecule has 0 amide bonds. The normalized spacial score (nSPS) is 30.7. The van der Waals surface area contributed by atoms with Crippen molar-refractivity contribution in [3.63, 3.8) is 0 Å². The minimum atomic E-state index is 0.200. The van der Waals surface area contributed by atoms with Crippen molar-refractivity contribution in [1.29, 1.82) is 0 Å². The molecule has 124 valence electrons. The molecule has 0 aromatic carbocycles. The lowest BCUT2D eigenvalue weighted by molar-refractivity contribution is -0.0151. The molecular formula is C18H36N2O. The van der Waals surface area contributed by atoms with Gasteiger partial charge in [0.2, 0.25) is 0 Å². The maximum absolute atomic E-state index is 5.65. The van der Waals surface area contributed by atoms with Crippen molar-refractivity contribution in [2.45, 2.75) is 84.3 Å². The van der Waals surface area contributed by atoms with Crippen LogP contribution in [0, 0.1) is 5.41 Å². The van der Waals surface area contributed by atoms with Crippen LogP contribution in [-0.4, -0.2) is 48.8 Å². The zero-order chi connectivity index (χ0) is 15.5. The second kappa shape index (κ2) is 6.97. The first-order valence-electron chi connectivity index (χ1n) is 8.94. The van der Waals surface area contributed by atoms with Gasteiger partial charge in [-0.2, -0.15) is 0 Å². The van der Waals surface area contributed by atoms with E-state index in [0.717, 1.165) is 31.8 Å². The number of ether oxygens (including phenoxy) is 1. The van der Waals surface area contributed by atoms with Crippen LogP contribution in [0.1, 0.15) is 66.7 Å². The van der Waals surface area contributed by atoms with Gasteiger partial charge in [-0.15, -0.1) is 0 Å². The number of hydrogen-bond donors (Lipinski definition) is 1. The summed E-state index contributed by atoms with van der Waals surface area (Å²) >= 11 is 0. The molecule has 0 aromatic heterocycles. The average Bonchev–Trinajstić information content (AvgIpc) is 2.78. The molecule has 2 saturated heterocycles. The highest BCUT2D eigenvalue weighted by molar-refractivity contribution is 4.94. The van der Waals surface area contributed by atoms with Crippen LogP contribution in [-0.2, 0) is 4.74 Å². The van der Waals surface area contributed by atoms with Crippen molar-refractivity contribution in [2.75, 3.05) is 26.3 Å². The van der Waals surface area contributed by atoms with Crippen molar-refractivity contribution < 1.29 is 4.74 Å². The van der Waals surface area contributed by atoms with Crippen LogP contribution in [0.3, 0.4) is 0 Å². The van der Waals surface area contributed by atoms with E-state index in [1.165, 1.54) is 38.6 Å². The molecule has 3 heteroatoms. The third-order valence-corrected chi connectivity index (χ3v) is 5.49. The summed E-state index contributed by atoms with van der Waals surface area (Å²) in [6.45, 7) is 15.8. The maximum Gasteiger partial charge on any atom is 0.0472 e. The fraction of sp³-hybridized carbons (Fsp3) is 1.00. The molecule has 2 aliphatic heterocycles. The van der Waals surface area contributed by atoms with E-state index in [1.54, 1.807) is 0 Å². The molecule has 21 heavy (non-hydrogen) atoms. The van der Waals surface area contributed by atoms with Crippen molar-refractivity contribution >= 4 is 0 Å². The Hall–Kier alpha value is -0.120. The van der Waals surface area contributed by atoms with Gasteiger partial charge in [0, 0.05) is 43.9 Å².